The maximum Gasteiger partial charge on any atom is 0.0366 e. The van der Waals surface area contributed by atoms with E-state index >= 15 is 0 Å². The fraction of sp³-hybridized carbons (Fsp3) is 0.600. The van der Waals surface area contributed by atoms with Crippen LogP contribution in [0.3, 0.4) is 0 Å². The molecule has 0 aliphatic carbocycles. The molecule has 0 bridgehead atoms. The highest BCUT2D eigenvalue weighted by Gasteiger charge is 2.13. The number of hydrogen-bond acceptors (Lipinski definition) is 2. The number of rotatable bonds is 5. The Morgan fingerprint density at radius 2 is 1.53 bits per heavy atom. The van der Waals surface area contributed by atoms with E-state index in [-0.39, 0.29) is 0 Å². The van der Waals surface area contributed by atoms with Crippen LogP contribution < -0.4 is 10.2 Å². The van der Waals surface area contributed by atoms with Crippen LogP contribution in [0.15, 0.2) is 24.3 Å². The minimum atomic E-state index is 0.414. The molecule has 0 heterocycles. The zero-order chi connectivity index (χ0) is 13.0. The van der Waals surface area contributed by atoms with E-state index in [4.69, 9.17) is 0 Å². The molecule has 1 aromatic rings. The van der Waals surface area contributed by atoms with Crippen molar-refractivity contribution in [3.8, 4) is 0 Å². The van der Waals surface area contributed by atoms with Crippen LogP contribution in [-0.4, -0.2) is 20.1 Å². The van der Waals surface area contributed by atoms with E-state index in [0.717, 1.165) is 0 Å². The molecule has 0 radical (unpaired) electrons. The molecule has 2 heteroatoms. The zero-order valence-electron chi connectivity index (χ0n) is 12.0. The van der Waals surface area contributed by atoms with Gasteiger partial charge in [0.25, 0.3) is 0 Å². The third-order valence-electron chi connectivity index (χ3n) is 3.81. The summed E-state index contributed by atoms with van der Waals surface area (Å²) in [5.74, 6) is 0.663. The first-order valence-electron chi connectivity index (χ1n) is 6.47. The molecule has 1 aromatic carbocycles. The van der Waals surface area contributed by atoms with Crippen molar-refractivity contribution in [2.45, 2.75) is 39.8 Å². The lowest BCUT2D eigenvalue weighted by Gasteiger charge is -2.30. The average molecular weight is 234 g/mol. The summed E-state index contributed by atoms with van der Waals surface area (Å²) in [4.78, 5) is 2.35. The van der Waals surface area contributed by atoms with Gasteiger partial charge < -0.3 is 10.2 Å². The second-order valence-corrected chi connectivity index (χ2v) is 5.20. The summed E-state index contributed by atoms with van der Waals surface area (Å²) < 4.78 is 0. The number of nitrogens with one attached hydrogen (secondary N) is 1. The molecule has 0 fully saturated rings. The number of benzene rings is 1. The van der Waals surface area contributed by atoms with E-state index in [9.17, 15) is 0 Å². The Labute approximate surface area is 106 Å². The fourth-order valence-electron chi connectivity index (χ4n) is 1.85. The van der Waals surface area contributed by atoms with Crippen molar-refractivity contribution in [3.05, 3.63) is 29.8 Å². The predicted octanol–water partition coefficient (Wildman–Crippen LogP) is 3.45. The Morgan fingerprint density at radius 3 is 1.94 bits per heavy atom. The van der Waals surface area contributed by atoms with E-state index in [1.165, 1.54) is 11.3 Å². The van der Waals surface area contributed by atoms with E-state index in [1.54, 1.807) is 0 Å². The van der Waals surface area contributed by atoms with Crippen LogP contribution in [-0.2, 0) is 0 Å². The first-order valence-corrected chi connectivity index (χ1v) is 6.47. The smallest absolute Gasteiger partial charge is 0.0366 e. The van der Waals surface area contributed by atoms with Crippen LogP contribution in [0.5, 0.6) is 0 Å². The Morgan fingerprint density at radius 1 is 1.00 bits per heavy atom. The largest absolute Gasteiger partial charge is 0.372 e. The average Bonchev–Trinajstić information content (AvgIpc) is 2.36. The summed E-state index contributed by atoms with van der Waals surface area (Å²) in [5, 5.41) is 3.26. The van der Waals surface area contributed by atoms with Gasteiger partial charge in [-0.05, 0) is 44.5 Å². The van der Waals surface area contributed by atoms with Gasteiger partial charge in [-0.15, -0.1) is 0 Å². The molecule has 0 aliphatic rings. The van der Waals surface area contributed by atoms with Gasteiger partial charge in [-0.25, -0.2) is 0 Å². The third kappa shape index (κ3) is 3.47. The molecule has 2 atom stereocenters. The van der Waals surface area contributed by atoms with E-state index in [0.29, 0.717) is 18.0 Å². The molecule has 0 saturated heterocycles. The predicted molar refractivity (Wildman–Crippen MR) is 76.6 cm³/mol. The Bertz CT molecular complexity index is 329. The van der Waals surface area contributed by atoms with Crippen LogP contribution in [0.25, 0.3) is 0 Å². The summed E-state index contributed by atoms with van der Waals surface area (Å²) >= 11 is 0. The van der Waals surface area contributed by atoms with Crippen LogP contribution in [0.4, 0.5) is 5.69 Å². The normalized spacial score (nSPS) is 14.8. The minimum Gasteiger partial charge on any atom is -0.372 e. The van der Waals surface area contributed by atoms with Gasteiger partial charge in [0.05, 0.1) is 0 Å². The molecule has 17 heavy (non-hydrogen) atoms. The molecule has 96 valence electrons. The van der Waals surface area contributed by atoms with Crippen LogP contribution in [0, 0.1) is 5.92 Å². The molecule has 2 unspecified atom stereocenters. The fourth-order valence-corrected chi connectivity index (χ4v) is 1.85. The van der Waals surface area contributed by atoms with Crippen LogP contribution >= 0.6 is 0 Å². The number of hydrogen-bond donors (Lipinski definition) is 1. The highest BCUT2D eigenvalue weighted by molar-refractivity contribution is 5.48. The first kappa shape index (κ1) is 14.0. The van der Waals surface area contributed by atoms with Crippen molar-refractivity contribution in [1.29, 1.82) is 0 Å². The topological polar surface area (TPSA) is 15.3 Å². The molecule has 0 saturated carbocycles. The van der Waals surface area contributed by atoms with E-state index in [1.807, 2.05) is 7.05 Å². The summed E-state index contributed by atoms with van der Waals surface area (Å²) in [5.41, 5.74) is 2.63. The summed E-state index contributed by atoms with van der Waals surface area (Å²) in [6.45, 7) is 8.97. The lowest BCUT2D eigenvalue weighted by Crippen LogP contribution is -2.33. The lowest BCUT2D eigenvalue weighted by molar-refractivity contribution is 0.505. The number of anilines is 1. The molecule has 0 aliphatic heterocycles. The second kappa shape index (κ2) is 6.06. The molecule has 0 aromatic heterocycles. The van der Waals surface area contributed by atoms with E-state index < -0.39 is 0 Å². The van der Waals surface area contributed by atoms with E-state index in [2.05, 4.69) is 69.2 Å². The summed E-state index contributed by atoms with van der Waals surface area (Å²) in [6.07, 6.45) is 0. The number of nitrogens with zero attached hydrogens (tertiary/aromatic N) is 1. The van der Waals surface area contributed by atoms with Gasteiger partial charge in [0.15, 0.2) is 0 Å². The van der Waals surface area contributed by atoms with Gasteiger partial charge in [-0.3, -0.25) is 0 Å². The maximum atomic E-state index is 3.26. The Kier molecular flexibility index (Phi) is 5.01. The van der Waals surface area contributed by atoms with Crippen LogP contribution in [0.2, 0.25) is 0 Å². The summed E-state index contributed by atoms with van der Waals surface area (Å²) in [6, 6.07) is 9.81. The molecule has 0 amide bonds. The van der Waals surface area contributed by atoms with Gasteiger partial charge in [0.2, 0.25) is 0 Å². The molecule has 1 rings (SSSR count). The quantitative estimate of drug-likeness (QED) is 0.839. The van der Waals surface area contributed by atoms with Crippen molar-refractivity contribution in [2.24, 2.45) is 5.92 Å². The molecular weight excluding hydrogens is 208 g/mol. The van der Waals surface area contributed by atoms with Gasteiger partial charge >= 0.3 is 0 Å². The monoisotopic (exact) mass is 234 g/mol. The second-order valence-electron chi connectivity index (χ2n) is 5.20. The Balaban J connectivity index is 2.80. The highest BCUT2D eigenvalue weighted by Crippen LogP contribution is 2.21. The van der Waals surface area contributed by atoms with Gasteiger partial charge in [0, 0.05) is 24.8 Å². The van der Waals surface area contributed by atoms with Crippen LogP contribution in [0.1, 0.15) is 39.3 Å². The first-order chi connectivity index (χ1) is 7.97. The zero-order valence-corrected chi connectivity index (χ0v) is 12.0. The summed E-state index contributed by atoms with van der Waals surface area (Å²) in [7, 11) is 4.16. The standard InChI is InChI=1S/C15H26N2/c1-11(2)13(4)17(6)15-9-7-14(8-10-15)12(3)16-5/h7-13,16H,1-6H3. The van der Waals surface area contributed by atoms with Gasteiger partial charge in [-0.1, -0.05) is 26.0 Å². The van der Waals surface area contributed by atoms with Crippen molar-refractivity contribution in [3.63, 3.8) is 0 Å². The van der Waals surface area contributed by atoms with Crippen molar-refractivity contribution in [1.82, 2.24) is 5.32 Å². The SMILES string of the molecule is CNC(C)c1ccc(N(C)C(C)C(C)C)cc1. The molecule has 2 nitrogen and oxygen atoms in total. The third-order valence-corrected chi connectivity index (χ3v) is 3.81. The maximum absolute atomic E-state index is 3.26. The molecular formula is C15H26N2. The van der Waals surface area contributed by atoms with Crippen molar-refractivity contribution in [2.75, 3.05) is 19.0 Å². The Hall–Kier alpha value is -1.02. The van der Waals surface area contributed by atoms with Crippen molar-refractivity contribution >= 4 is 5.69 Å². The molecule has 1 N–H and O–H groups in total. The van der Waals surface area contributed by atoms with Gasteiger partial charge in [0.1, 0.15) is 0 Å². The highest BCUT2D eigenvalue weighted by atomic mass is 15.1. The van der Waals surface area contributed by atoms with Crippen molar-refractivity contribution < 1.29 is 0 Å². The molecule has 0 spiro atoms. The lowest BCUT2D eigenvalue weighted by atomic mass is 10.0. The minimum absolute atomic E-state index is 0.414. The van der Waals surface area contributed by atoms with Gasteiger partial charge in [-0.2, -0.15) is 0 Å².